The van der Waals surface area contributed by atoms with Crippen molar-refractivity contribution in [3.05, 3.63) is 48.3 Å². The van der Waals surface area contributed by atoms with Crippen LogP contribution in [0.1, 0.15) is 5.56 Å². The van der Waals surface area contributed by atoms with Gasteiger partial charge in [-0.2, -0.15) is 5.10 Å². The van der Waals surface area contributed by atoms with Crippen molar-refractivity contribution in [2.75, 3.05) is 25.4 Å². The summed E-state index contributed by atoms with van der Waals surface area (Å²) >= 11 is 1.26. The quantitative estimate of drug-likeness (QED) is 0.875. The monoisotopic (exact) mass is 330 g/mol. The lowest BCUT2D eigenvalue weighted by molar-refractivity contribution is -0.121. The summed E-state index contributed by atoms with van der Waals surface area (Å²) in [6, 6.07) is 9.88. The lowest BCUT2D eigenvalue weighted by Gasteiger charge is -2.13. The second kappa shape index (κ2) is 7.32. The third-order valence-corrected chi connectivity index (χ3v) is 4.46. The SMILES string of the molecule is O=C(CN1CCSC1=O)NCCc1cnn(-c2ccccc2)c1. The molecule has 1 aromatic carbocycles. The summed E-state index contributed by atoms with van der Waals surface area (Å²) in [5.74, 6) is 0.654. The van der Waals surface area contributed by atoms with Crippen molar-refractivity contribution in [3.63, 3.8) is 0 Å². The van der Waals surface area contributed by atoms with Crippen LogP contribution in [0.25, 0.3) is 5.69 Å². The van der Waals surface area contributed by atoms with E-state index < -0.39 is 0 Å². The molecule has 1 aliphatic rings. The molecule has 0 bridgehead atoms. The fourth-order valence-corrected chi connectivity index (χ4v) is 3.18. The van der Waals surface area contributed by atoms with Gasteiger partial charge in [-0.1, -0.05) is 30.0 Å². The summed E-state index contributed by atoms with van der Waals surface area (Å²) in [7, 11) is 0. The van der Waals surface area contributed by atoms with Crippen molar-refractivity contribution in [3.8, 4) is 5.69 Å². The summed E-state index contributed by atoms with van der Waals surface area (Å²) < 4.78 is 1.82. The van der Waals surface area contributed by atoms with Crippen molar-refractivity contribution < 1.29 is 9.59 Å². The predicted molar refractivity (Wildman–Crippen MR) is 89.7 cm³/mol. The molecule has 0 unspecified atom stereocenters. The van der Waals surface area contributed by atoms with Crippen LogP contribution in [0.5, 0.6) is 0 Å². The second-order valence-electron chi connectivity index (χ2n) is 5.26. The molecular formula is C16H18N4O2S. The van der Waals surface area contributed by atoms with Gasteiger partial charge >= 0.3 is 0 Å². The van der Waals surface area contributed by atoms with Gasteiger partial charge in [0.2, 0.25) is 5.91 Å². The van der Waals surface area contributed by atoms with E-state index >= 15 is 0 Å². The van der Waals surface area contributed by atoms with Gasteiger partial charge in [-0.05, 0) is 24.1 Å². The Balaban J connectivity index is 1.45. The average molecular weight is 330 g/mol. The molecule has 0 saturated carbocycles. The normalized spacial score (nSPS) is 14.3. The number of para-hydroxylation sites is 1. The molecule has 0 spiro atoms. The highest BCUT2D eigenvalue weighted by atomic mass is 32.2. The molecule has 0 radical (unpaired) electrons. The van der Waals surface area contributed by atoms with Crippen LogP contribution in [0.2, 0.25) is 0 Å². The maximum absolute atomic E-state index is 11.8. The topological polar surface area (TPSA) is 67.2 Å². The first-order valence-corrected chi connectivity index (χ1v) is 8.48. The highest BCUT2D eigenvalue weighted by molar-refractivity contribution is 8.13. The highest BCUT2D eigenvalue weighted by Crippen LogP contribution is 2.16. The summed E-state index contributed by atoms with van der Waals surface area (Å²) in [6.07, 6.45) is 4.48. The van der Waals surface area contributed by atoms with Crippen LogP contribution in [-0.4, -0.2) is 51.2 Å². The molecule has 2 aromatic rings. The Labute approximate surface area is 138 Å². The Morgan fingerprint density at radius 2 is 2.13 bits per heavy atom. The fraction of sp³-hybridized carbons (Fsp3) is 0.312. The molecule has 120 valence electrons. The largest absolute Gasteiger partial charge is 0.354 e. The number of nitrogens with zero attached hydrogens (tertiary/aromatic N) is 3. The third kappa shape index (κ3) is 4.13. The molecule has 2 heterocycles. The Bertz CT molecular complexity index is 686. The minimum atomic E-state index is -0.115. The van der Waals surface area contributed by atoms with Crippen molar-refractivity contribution in [1.82, 2.24) is 20.0 Å². The van der Waals surface area contributed by atoms with E-state index in [1.165, 1.54) is 11.8 Å². The number of aromatic nitrogens is 2. The number of rotatable bonds is 6. The van der Waals surface area contributed by atoms with Crippen LogP contribution in [0.3, 0.4) is 0 Å². The molecule has 23 heavy (non-hydrogen) atoms. The first-order valence-electron chi connectivity index (χ1n) is 7.50. The Kier molecular flexibility index (Phi) is 4.97. The molecule has 0 atom stereocenters. The van der Waals surface area contributed by atoms with Crippen LogP contribution in [0.15, 0.2) is 42.7 Å². The molecule has 1 fully saturated rings. The Morgan fingerprint density at radius 1 is 1.30 bits per heavy atom. The lowest BCUT2D eigenvalue weighted by Crippen LogP contribution is -2.38. The van der Waals surface area contributed by atoms with Gasteiger partial charge in [-0.15, -0.1) is 0 Å². The average Bonchev–Trinajstić information content (AvgIpc) is 3.18. The Morgan fingerprint density at radius 3 is 2.87 bits per heavy atom. The van der Waals surface area contributed by atoms with Gasteiger partial charge < -0.3 is 10.2 Å². The standard InChI is InChI=1S/C16H18N4O2S/c21-15(12-19-8-9-23-16(19)22)17-7-6-13-10-18-20(11-13)14-4-2-1-3-5-14/h1-5,10-11H,6-9,12H2,(H,17,21). The van der Waals surface area contributed by atoms with Gasteiger partial charge in [0.05, 0.1) is 11.9 Å². The predicted octanol–water partition coefficient (Wildman–Crippen LogP) is 1.70. The van der Waals surface area contributed by atoms with Crippen LogP contribution in [-0.2, 0) is 11.2 Å². The molecule has 1 aromatic heterocycles. The van der Waals surface area contributed by atoms with E-state index in [4.69, 9.17) is 0 Å². The number of thioether (sulfide) groups is 1. The van der Waals surface area contributed by atoms with Crippen molar-refractivity contribution in [2.45, 2.75) is 6.42 Å². The minimum Gasteiger partial charge on any atom is -0.354 e. The van der Waals surface area contributed by atoms with Gasteiger partial charge in [0.15, 0.2) is 0 Å². The van der Waals surface area contributed by atoms with Gasteiger partial charge in [-0.25, -0.2) is 4.68 Å². The van der Waals surface area contributed by atoms with Crippen LogP contribution >= 0.6 is 11.8 Å². The molecule has 3 rings (SSSR count). The molecule has 7 heteroatoms. The highest BCUT2D eigenvalue weighted by Gasteiger charge is 2.22. The first kappa shape index (κ1) is 15.6. The van der Waals surface area contributed by atoms with E-state index in [1.807, 2.05) is 41.2 Å². The molecule has 2 amide bonds. The number of amides is 2. The van der Waals surface area contributed by atoms with Gasteiger partial charge in [0, 0.05) is 25.0 Å². The van der Waals surface area contributed by atoms with Crippen LogP contribution in [0.4, 0.5) is 4.79 Å². The maximum Gasteiger partial charge on any atom is 0.282 e. The van der Waals surface area contributed by atoms with Crippen molar-refractivity contribution >= 4 is 22.9 Å². The summed E-state index contributed by atoms with van der Waals surface area (Å²) in [6.45, 7) is 1.34. The zero-order chi connectivity index (χ0) is 16.1. The van der Waals surface area contributed by atoms with Crippen LogP contribution < -0.4 is 5.32 Å². The number of carbonyl (C=O) groups is 2. The minimum absolute atomic E-state index is 0.00992. The molecule has 1 aliphatic heterocycles. The number of carbonyl (C=O) groups excluding carboxylic acids is 2. The molecule has 0 aliphatic carbocycles. The van der Waals surface area contributed by atoms with E-state index in [-0.39, 0.29) is 17.7 Å². The number of nitrogens with one attached hydrogen (secondary N) is 1. The van der Waals surface area contributed by atoms with Gasteiger partial charge in [-0.3, -0.25) is 9.59 Å². The first-order chi connectivity index (χ1) is 11.2. The van der Waals surface area contributed by atoms with Gasteiger partial charge in [0.25, 0.3) is 5.24 Å². The number of hydrogen-bond acceptors (Lipinski definition) is 4. The molecule has 1 saturated heterocycles. The lowest BCUT2D eigenvalue weighted by atomic mass is 10.2. The molecule has 6 nitrogen and oxygen atoms in total. The number of benzene rings is 1. The van der Waals surface area contributed by atoms with E-state index in [1.54, 1.807) is 11.1 Å². The smallest absolute Gasteiger partial charge is 0.282 e. The van der Waals surface area contributed by atoms with Crippen molar-refractivity contribution in [1.29, 1.82) is 0 Å². The molecule has 1 N–H and O–H groups in total. The van der Waals surface area contributed by atoms with E-state index in [2.05, 4.69) is 10.4 Å². The second-order valence-corrected chi connectivity index (χ2v) is 6.31. The van der Waals surface area contributed by atoms with Gasteiger partial charge in [0.1, 0.15) is 6.54 Å². The van der Waals surface area contributed by atoms with Crippen molar-refractivity contribution in [2.24, 2.45) is 0 Å². The third-order valence-electron chi connectivity index (χ3n) is 3.57. The van der Waals surface area contributed by atoms with E-state index in [0.717, 1.165) is 17.0 Å². The van der Waals surface area contributed by atoms with Crippen LogP contribution in [0, 0.1) is 0 Å². The summed E-state index contributed by atoms with van der Waals surface area (Å²) in [5, 5.41) is 7.16. The zero-order valence-corrected chi connectivity index (χ0v) is 13.5. The van der Waals surface area contributed by atoms with E-state index in [0.29, 0.717) is 19.5 Å². The number of hydrogen-bond donors (Lipinski definition) is 1. The van der Waals surface area contributed by atoms with E-state index in [9.17, 15) is 9.59 Å². The summed E-state index contributed by atoms with van der Waals surface area (Å²) in [5.41, 5.74) is 2.06. The zero-order valence-electron chi connectivity index (χ0n) is 12.6. The Hall–Kier alpha value is -2.28. The fourth-order valence-electron chi connectivity index (χ4n) is 2.36. The molecular weight excluding hydrogens is 312 g/mol. The summed E-state index contributed by atoms with van der Waals surface area (Å²) in [4.78, 5) is 24.8. The maximum atomic E-state index is 11.8.